The summed E-state index contributed by atoms with van der Waals surface area (Å²) < 4.78 is 15.8. The number of imidazole rings is 1. The first-order chi connectivity index (χ1) is 13.9. The maximum atomic E-state index is 14.3. The van der Waals surface area contributed by atoms with Crippen molar-refractivity contribution >= 4 is 35.0 Å². The van der Waals surface area contributed by atoms with Crippen molar-refractivity contribution in [1.29, 1.82) is 0 Å². The molecule has 9 heteroatoms. The molecule has 0 aliphatic rings. The fraction of sp³-hybridized carbons (Fsp3) is 0.150. The maximum absolute atomic E-state index is 14.3. The summed E-state index contributed by atoms with van der Waals surface area (Å²) in [5.41, 5.74) is 1.11. The van der Waals surface area contributed by atoms with E-state index in [1.807, 2.05) is 0 Å². The van der Waals surface area contributed by atoms with Crippen LogP contribution in [0, 0.1) is 5.82 Å². The Bertz CT molecular complexity index is 1040. The lowest BCUT2D eigenvalue weighted by Gasteiger charge is -2.15. The van der Waals surface area contributed by atoms with Gasteiger partial charge >= 0.3 is 0 Å². The average molecular weight is 435 g/mol. The number of nitrogens with one attached hydrogen (secondary N) is 2. The third-order valence-electron chi connectivity index (χ3n) is 4.20. The molecule has 0 fully saturated rings. The van der Waals surface area contributed by atoms with E-state index in [9.17, 15) is 14.0 Å². The molecular weight excluding hydrogens is 418 g/mol. The summed E-state index contributed by atoms with van der Waals surface area (Å²) in [6.07, 6.45) is 4.69. The van der Waals surface area contributed by atoms with Gasteiger partial charge in [-0.05, 0) is 36.8 Å². The fourth-order valence-electron chi connectivity index (χ4n) is 2.63. The van der Waals surface area contributed by atoms with E-state index in [-0.39, 0.29) is 22.2 Å². The van der Waals surface area contributed by atoms with Crippen molar-refractivity contribution in [2.45, 2.75) is 19.5 Å². The number of carbonyl (C=O) groups is 2. The van der Waals surface area contributed by atoms with Crippen LogP contribution < -0.4 is 10.6 Å². The minimum Gasteiger partial charge on any atom is -0.350 e. The highest BCUT2D eigenvalue weighted by Crippen LogP contribution is 2.25. The molecule has 0 spiro atoms. The topological polar surface area (TPSA) is 76.0 Å². The van der Waals surface area contributed by atoms with Crippen LogP contribution in [0.5, 0.6) is 0 Å². The molecule has 6 nitrogen and oxygen atoms in total. The molecule has 1 unspecified atom stereocenters. The average Bonchev–Trinajstić information content (AvgIpc) is 3.22. The Morgan fingerprint density at radius 1 is 1.24 bits per heavy atom. The van der Waals surface area contributed by atoms with Crippen LogP contribution in [-0.4, -0.2) is 27.4 Å². The molecule has 1 heterocycles. The minimum absolute atomic E-state index is 0.109. The van der Waals surface area contributed by atoms with Gasteiger partial charge in [0.1, 0.15) is 11.9 Å². The summed E-state index contributed by atoms with van der Waals surface area (Å²) >= 11 is 11.9. The molecule has 3 aromatic rings. The van der Waals surface area contributed by atoms with Gasteiger partial charge in [0, 0.05) is 18.9 Å². The summed E-state index contributed by atoms with van der Waals surface area (Å²) in [5, 5.41) is 5.59. The molecular formula is C20H17Cl2FN4O2. The number of halogens is 3. The summed E-state index contributed by atoms with van der Waals surface area (Å²) in [6.45, 7) is 1.65. The van der Waals surface area contributed by atoms with Gasteiger partial charge in [0.2, 0.25) is 5.91 Å². The molecule has 0 saturated carbocycles. The highest BCUT2D eigenvalue weighted by Gasteiger charge is 2.19. The summed E-state index contributed by atoms with van der Waals surface area (Å²) in [6, 6.07) is 8.49. The molecule has 29 heavy (non-hydrogen) atoms. The van der Waals surface area contributed by atoms with Gasteiger partial charge < -0.3 is 15.2 Å². The first kappa shape index (κ1) is 20.8. The Kier molecular flexibility index (Phi) is 6.51. The minimum atomic E-state index is -0.826. The van der Waals surface area contributed by atoms with E-state index in [0.29, 0.717) is 11.3 Å². The standard InChI is InChI=1S/C20H17Cl2FN4O2/c1-12(26-20(29)14-3-2-4-15(21)18(14)22)19(28)25-10-13-5-6-17(16(23)9-13)27-8-7-24-11-27/h2-9,11-12H,10H2,1H3,(H,25,28)(H,26,29). The number of benzene rings is 2. The normalized spacial score (nSPS) is 11.7. The van der Waals surface area contributed by atoms with E-state index < -0.39 is 23.7 Å². The lowest BCUT2D eigenvalue weighted by Crippen LogP contribution is -2.44. The molecule has 2 N–H and O–H groups in total. The van der Waals surface area contributed by atoms with Gasteiger partial charge in [-0.15, -0.1) is 0 Å². The van der Waals surface area contributed by atoms with Crippen LogP contribution in [0.1, 0.15) is 22.8 Å². The highest BCUT2D eigenvalue weighted by atomic mass is 35.5. The quantitative estimate of drug-likeness (QED) is 0.619. The third kappa shape index (κ3) is 4.93. The van der Waals surface area contributed by atoms with Gasteiger partial charge in [-0.1, -0.05) is 35.3 Å². The number of hydrogen-bond donors (Lipinski definition) is 2. The van der Waals surface area contributed by atoms with E-state index in [4.69, 9.17) is 23.2 Å². The molecule has 2 amide bonds. The zero-order valence-corrected chi connectivity index (χ0v) is 16.8. The van der Waals surface area contributed by atoms with E-state index in [0.717, 1.165) is 0 Å². The Hall–Kier alpha value is -2.90. The Morgan fingerprint density at radius 3 is 2.72 bits per heavy atom. The summed E-state index contributed by atoms with van der Waals surface area (Å²) in [4.78, 5) is 28.5. The summed E-state index contributed by atoms with van der Waals surface area (Å²) in [7, 11) is 0. The number of nitrogens with zero attached hydrogens (tertiary/aromatic N) is 2. The number of amides is 2. The second-order valence-electron chi connectivity index (χ2n) is 6.27. The Morgan fingerprint density at radius 2 is 2.03 bits per heavy atom. The van der Waals surface area contributed by atoms with Crippen molar-refractivity contribution in [2.75, 3.05) is 0 Å². The van der Waals surface area contributed by atoms with Crippen molar-refractivity contribution < 1.29 is 14.0 Å². The molecule has 0 aliphatic carbocycles. The lowest BCUT2D eigenvalue weighted by molar-refractivity contribution is -0.122. The third-order valence-corrected chi connectivity index (χ3v) is 5.02. The van der Waals surface area contributed by atoms with Crippen LogP contribution in [0.3, 0.4) is 0 Å². The van der Waals surface area contributed by atoms with E-state index in [1.165, 1.54) is 25.4 Å². The van der Waals surface area contributed by atoms with Crippen molar-refractivity contribution in [2.24, 2.45) is 0 Å². The molecule has 0 saturated heterocycles. The first-order valence-corrected chi connectivity index (χ1v) is 9.41. The number of carbonyl (C=O) groups excluding carboxylic acids is 2. The molecule has 150 valence electrons. The van der Waals surface area contributed by atoms with E-state index >= 15 is 0 Å². The lowest BCUT2D eigenvalue weighted by atomic mass is 10.1. The van der Waals surface area contributed by atoms with Crippen molar-refractivity contribution in [1.82, 2.24) is 20.2 Å². The Labute approximate surface area is 176 Å². The van der Waals surface area contributed by atoms with Crippen LogP contribution in [-0.2, 0) is 11.3 Å². The summed E-state index contributed by atoms with van der Waals surface area (Å²) in [5.74, 6) is -1.38. The monoisotopic (exact) mass is 434 g/mol. The zero-order valence-electron chi connectivity index (χ0n) is 15.3. The second-order valence-corrected chi connectivity index (χ2v) is 7.06. The van der Waals surface area contributed by atoms with Gasteiger partial charge in [-0.2, -0.15) is 0 Å². The predicted molar refractivity (Wildman–Crippen MR) is 109 cm³/mol. The second kappa shape index (κ2) is 9.07. The fourth-order valence-corrected chi connectivity index (χ4v) is 3.02. The van der Waals surface area contributed by atoms with Gasteiger partial charge in [0.25, 0.3) is 5.91 Å². The molecule has 0 bridgehead atoms. The molecule has 0 aliphatic heterocycles. The SMILES string of the molecule is CC(NC(=O)c1cccc(Cl)c1Cl)C(=O)NCc1ccc(-n2ccnc2)c(F)c1. The van der Waals surface area contributed by atoms with Crippen LogP contribution in [0.4, 0.5) is 4.39 Å². The smallest absolute Gasteiger partial charge is 0.253 e. The van der Waals surface area contributed by atoms with Crippen LogP contribution >= 0.6 is 23.2 Å². The van der Waals surface area contributed by atoms with Crippen molar-refractivity contribution in [3.63, 3.8) is 0 Å². The number of hydrogen-bond acceptors (Lipinski definition) is 3. The predicted octanol–water partition coefficient (Wildman–Crippen LogP) is 3.75. The molecule has 2 aromatic carbocycles. The molecule has 0 radical (unpaired) electrons. The van der Waals surface area contributed by atoms with E-state index in [2.05, 4.69) is 15.6 Å². The highest BCUT2D eigenvalue weighted by molar-refractivity contribution is 6.43. The van der Waals surface area contributed by atoms with Crippen molar-refractivity contribution in [3.05, 3.63) is 82.1 Å². The van der Waals surface area contributed by atoms with Gasteiger partial charge in [0.15, 0.2) is 0 Å². The zero-order chi connectivity index (χ0) is 21.0. The number of rotatable bonds is 6. The van der Waals surface area contributed by atoms with Gasteiger partial charge in [-0.3, -0.25) is 9.59 Å². The van der Waals surface area contributed by atoms with Crippen LogP contribution in [0.15, 0.2) is 55.1 Å². The van der Waals surface area contributed by atoms with Crippen molar-refractivity contribution in [3.8, 4) is 5.69 Å². The van der Waals surface area contributed by atoms with Gasteiger partial charge in [0.05, 0.1) is 27.6 Å². The molecule has 1 atom stereocenters. The van der Waals surface area contributed by atoms with Gasteiger partial charge in [-0.25, -0.2) is 9.37 Å². The molecule has 3 rings (SSSR count). The van der Waals surface area contributed by atoms with E-state index in [1.54, 1.807) is 41.2 Å². The number of aromatic nitrogens is 2. The first-order valence-electron chi connectivity index (χ1n) is 8.66. The van der Waals surface area contributed by atoms with Crippen LogP contribution in [0.25, 0.3) is 5.69 Å². The largest absolute Gasteiger partial charge is 0.350 e. The maximum Gasteiger partial charge on any atom is 0.253 e. The molecule has 1 aromatic heterocycles. The Balaban J connectivity index is 1.58. The van der Waals surface area contributed by atoms with Crippen LogP contribution in [0.2, 0.25) is 10.0 Å².